The summed E-state index contributed by atoms with van der Waals surface area (Å²) in [6.45, 7) is 1.19. The summed E-state index contributed by atoms with van der Waals surface area (Å²) in [5, 5.41) is 0. The zero-order chi connectivity index (χ0) is 9.68. The molecule has 0 unspecified atom stereocenters. The molecule has 0 N–H and O–H groups in total. The Morgan fingerprint density at radius 2 is 1.85 bits per heavy atom. The van der Waals surface area contributed by atoms with Gasteiger partial charge in [0.2, 0.25) is 11.8 Å². The van der Waals surface area contributed by atoms with E-state index in [1.54, 1.807) is 0 Å². The van der Waals surface area contributed by atoms with Crippen molar-refractivity contribution < 1.29 is 14.3 Å². The third-order valence-corrected chi connectivity index (χ3v) is 1.99. The highest BCUT2D eigenvalue weighted by molar-refractivity contribution is 6.17. The minimum Gasteiger partial charge on any atom is -0.378 e. The van der Waals surface area contributed by atoms with E-state index >= 15 is 0 Å². The van der Waals surface area contributed by atoms with Crippen LogP contribution < -0.4 is 0 Å². The first kappa shape index (κ1) is 10.5. The Balaban J connectivity index is 2.20. The van der Waals surface area contributed by atoms with Gasteiger partial charge in [-0.25, -0.2) is 0 Å². The minimum atomic E-state index is -0.0977. The predicted molar refractivity (Wildman–Crippen MR) is 47.5 cm³/mol. The van der Waals surface area contributed by atoms with E-state index in [0.717, 1.165) is 0 Å². The van der Waals surface area contributed by atoms with Crippen LogP contribution in [0.4, 0.5) is 0 Å². The molecule has 0 bridgehead atoms. The molecule has 1 aliphatic heterocycles. The van der Waals surface area contributed by atoms with Crippen molar-refractivity contribution >= 4 is 23.4 Å². The number of imide groups is 1. The lowest BCUT2D eigenvalue weighted by Gasteiger charge is -2.12. The zero-order valence-electron chi connectivity index (χ0n) is 7.29. The maximum atomic E-state index is 11.1. The molecule has 1 heterocycles. The van der Waals surface area contributed by atoms with Gasteiger partial charge in [0.25, 0.3) is 0 Å². The van der Waals surface area contributed by atoms with Gasteiger partial charge in [0.1, 0.15) is 0 Å². The lowest BCUT2D eigenvalue weighted by atomic mass is 10.4. The number of nitrogens with zero attached hydrogens (tertiary/aromatic N) is 1. The summed E-state index contributed by atoms with van der Waals surface area (Å²) in [5.74, 6) is 0.237. The molecule has 0 saturated carbocycles. The number of hydrogen-bond acceptors (Lipinski definition) is 3. The van der Waals surface area contributed by atoms with Crippen molar-refractivity contribution in [2.24, 2.45) is 0 Å². The van der Waals surface area contributed by atoms with Crippen LogP contribution in [-0.4, -0.2) is 42.4 Å². The molecule has 0 aliphatic carbocycles. The molecule has 0 aromatic heterocycles. The van der Waals surface area contributed by atoms with Crippen molar-refractivity contribution in [3.8, 4) is 0 Å². The Kier molecular flexibility index (Phi) is 4.18. The van der Waals surface area contributed by atoms with Crippen LogP contribution in [0.1, 0.15) is 12.8 Å². The SMILES string of the molecule is O=C1CCC(=O)N1CCOCCCl. The highest BCUT2D eigenvalue weighted by Gasteiger charge is 2.27. The number of alkyl halides is 1. The first-order valence-electron chi connectivity index (χ1n) is 4.22. The molecule has 13 heavy (non-hydrogen) atoms. The lowest BCUT2D eigenvalue weighted by molar-refractivity contribution is -0.139. The summed E-state index contributed by atoms with van der Waals surface area (Å²) in [5.41, 5.74) is 0. The van der Waals surface area contributed by atoms with Crippen LogP contribution in [0.25, 0.3) is 0 Å². The van der Waals surface area contributed by atoms with E-state index in [2.05, 4.69) is 0 Å². The van der Waals surface area contributed by atoms with Crippen molar-refractivity contribution in [3.63, 3.8) is 0 Å². The standard InChI is InChI=1S/C8H12ClNO3/c9-3-5-13-6-4-10-7(11)1-2-8(10)12/h1-6H2. The number of ether oxygens (including phenoxy) is 1. The van der Waals surface area contributed by atoms with Crippen LogP contribution in [0, 0.1) is 0 Å². The average molecular weight is 206 g/mol. The van der Waals surface area contributed by atoms with Crippen molar-refractivity contribution in [1.82, 2.24) is 4.90 Å². The third kappa shape index (κ3) is 2.97. The minimum absolute atomic E-state index is 0.0977. The summed E-state index contributed by atoms with van der Waals surface area (Å²) < 4.78 is 5.06. The topological polar surface area (TPSA) is 46.6 Å². The van der Waals surface area contributed by atoms with Crippen LogP contribution in [0.2, 0.25) is 0 Å². The Bertz CT molecular complexity index is 192. The molecule has 0 radical (unpaired) electrons. The van der Waals surface area contributed by atoms with Gasteiger partial charge in [0.05, 0.1) is 19.8 Å². The zero-order valence-corrected chi connectivity index (χ0v) is 8.05. The Morgan fingerprint density at radius 1 is 1.23 bits per heavy atom. The molecular formula is C8H12ClNO3. The molecule has 0 aromatic carbocycles. The van der Waals surface area contributed by atoms with Gasteiger partial charge in [0.15, 0.2) is 0 Å². The normalized spacial score (nSPS) is 17.2. The van der Waals surface area contributed by atoms with E-state index in [0.29, 0.717) is 38.5 Å². The van der Waals surface area contributed by atoms with Gasteiger partial charge in [-0.3, -0.25) is 14.5 Å². The van der Waals surface area contributed by atoms with Gasteiger partial charge < -0.3 is 4.74 Å². The fourth-order valence-corrected chi connectivity index (χ4v) is 1.29. The van der Waals surface area contributed by atoms with E-state index in [1.165, 1.54) is 4.90 Å². The number of hydrogen-bond donors (Lipinski definition) is 0. The molecule has 1 rings (SSSR count). The van der Waals surface area contributed by atoms with E-state index in [4.69, 9.17) is 16.3 Å². The molecule has 74 valence electrons. The molecule has 0 atom stereocenters. The molecular weight excluding hydrogens is 194 g/mol. The molecule has 1 saturated heterocycles. The fourth-order valence-electron chi connectivity index (χ4n) is 1.18. The number of carbonyl (C=O) groups excluding carboxylic acids is 2. The van der Waals surface area contributed by atoms with E-state index < -0.39 is 0 Å². The van der Waals surface area contributed by atoms with Gasteiger partial charge in [-0.1, -0.05) is 0 Å². The second-order valence-electron chi connectivity index (χ2n) is 2.74. The second kappa shape index (κ2) is 5.19. The van der Waals surface area contributed by atoms with Gasteiger partial charge in [-0.2, -0.15) is 0 Å². The van der Waals surface area contributed by atoms with E-state index in [1.807, 2.05) is 0 Å². The summed E-state index contributed by atoms with van der Waals surface area (Å²) in [6.07, 6.45) is 0.683. The van der Waals surface area contributed by atoms with Crippen molar-refractivity contribution in [3.05, 3.63) is 0 Å². The first-order chi connectivity index (χ1) is 6.25. The van der Waals surface area contributed by atoms with E-state index in [9.17, 15) is 9.59 Å². The number of halogens is 1. The van der Waals surface area contributed by atoms with Gasteiger partial charge in [-0.15, -0.1) is 11.6 Å². The summed E-state index contributed by atoms with van der Waals surface area (Å²) in [6, 6.07) is 0. The molecule has 5 heteroatoms. The molecule has 0 aromatic rings. The summed E-state index contributed by atoms with van der Waals surface area (Å²) >= 11 is 5.38. The van der Waals surface area contributed by atoms with Crippen molar-refractivity contribution in [2.45, 2.75) is 12.8 Å². The highest BCUT2D eigenvalue weighted by atomic mass is 35.5. The molecule has 2 amide bonds. The van der Waals surface area contributed by atoms with Gasteiger partial charge in [0, 0.05) is 18.7 Å². The Labute approximate surface area is 81.8 Å². The van der Waals surface area contributed by atoms with Crippen LogP contribution in [0.15, 0.2) is 0 Å². The monoisotopic (exact) mass is 205 g/mol. The number of carbonyl (C=O) groups is 2. The van der Waals surface area contributed by atoms with Crippen LogP contribution in [-0.2, 0) is 14.3 Å². The number of rotatable bonds is 5. The summed E-state index contributed by atoms with van der Waals surface area (Å²) in [4.78, 5) is 23.4. The largest absolute Gasteiger partial charge is 0.378 e. The van der Waals surface area contributed by atoms with Gasteiger partial charge in [-0.05, 0) is 0 Å². The second-order valence-corrected chi connectivity index (χ2v) is 3.12. The molecule has 4 nitrogen and oxygen atoms in total. The quantitative estimate of drug-likeness (QED) is 0.371. The first-order valence-corrected chi connectivity index (χ1v) is 4.76. The Morgan fingerprint density at radius 3 is 2.38 bits per heavy atom. The average Bonchev–Trinajstić information content (AvgIpc) is 2.42. The maximum Gasteiger partial charge on any atom is 0.229 e. The number of amides is 2. The maximum absolute atomic E-state index is 11.1. The van der Waals surface area contributed by atoms with Crippen molar-refractivity contribution in [2.75, 3.05) is 25.6 Å². The van der Waals surface area contributed by atoms with Crippen LogP contribution in [0.3, 0.4) is 0 Å². The van der Waals surface area contributed by atoms with Gasteiger partial charge >= 0.3 is 0 Å². The van der Waals surface area contributed by atoms with Crippen LogP contribution >= 0.6 is 11.6 Å². The van der Waals surface area contributed by atoms with Crippen LogP contribution in [0.5, 0.6) is 0 Å². The van der Waals surface area contributed by atoms with Crippen molar-refractivity contribution in [1.29, 1.82) is 0 Å². The van der Waals surface area contributed by atoms with E-state index in [-0.39, 0.29) is 11.8 Å². The number of likely N-dealkylation sites (tertiary alicyclic amines) is 1. The smallest absolute Gasteiger partial charge is 0.229 e. The molecule has 1 fully saturated rings. The highest BCUT2D eigenvalue weighted by Crippen LogP contribution is 2.10. The predicted octanol–water partition coefficient (Wildman–Crippen LogP) is 0.391. The molecule has 0 spiro atoms. The lowest BCUT2D eigenvalue weighted by Crippen LogP contribution is -2.32. The third-order valence-electron chi connectivity index (χ3n) is 1.84. The fraction of sp³-hybridized carbons (Fsp3) is 0.750. The Hall–Kier alpha value is -0.610. The molecule has 1 aliphatic rings. The summed E-state index contributed by atoms with van der Waals surface area (Å²) in [7, 11) is 0.